The van der Waals surface area contributed by atoms with Gasteiger partial charge in [0.15, 0.2) is 0 Å². The number of hydrogen-bond acceptors (Lipinski definition) is 8. The van der Waals surface area contributed by atoms with E-state index < -0.39 is 48.5 Å². The van der Waals surface area contributed by atoms with Gasteiger partial charge >= 0.3 is 14.2 Å². The van der Waals surface area contributed by atoms with Gasteiger partial charge in [-0.3, -0.25) is 24.1 Å². The molecule has 6 aromatic rings. The lowest BCUT2D eigenvalue weighted by atomic mass is 9.71. The molecule has 2 saturated heterocycles. The molecule has 0 saturated carbocycles. The normalized spacial score (nSPS) is 19.6. The maximum atomic E-state index is 15.0. The zero-order chi connectivity index (χ0) is 47.5. The van der Waals surface area contributed by atoms with Gasteiger partial charge in [-0.1, -0.05) is 95.5 Å². The van der Waals surface area contributed by atoms with Crippen molar-refractivity contribution in [1.82, 2.24) is 4.90 Å². The quantitative estimate of drug-likeness (QED) is 0.0349. The smallest absolute Gasteiger partial charge is 0.399 e. The summed E-state index contributed by atoms with van der Waals surface area (Å²) in [4.78, 5) is 62.2. The minimum absolute atomic E-state index is 0.155. The van der Waals surface area contributed by atoms with E-state index in [1.165, 1.54) is 4.90 Å². The van der Waals surface area contributed by atoms with Crippen LogP contribution in [0.5, 0.6) is 0 Å². The summed E-state index contributed by atoms with van der Waals surface area (Å²) < 4.78 is 26.0. The Morgan fingerprint density at radius 2 is 0.791 bits per heavy atom. The Labute approximate surface area is 394 Å². The van der Waals surface area contributed by atoms with Crippen LogP contribution in [0.4, 0.5) is 5.69 Å². The fourth-order valence-electron chi connectivity index (χ4n) is 10.9. The van der Waals surface area contributed by atoms with Crippen molar-refractivity contribution in [3.8, 4) is 0 Å². The van der Waals surface area contributed by atoms with Crippen LogP contribution in [-0.4, -0.2) is 71.2 Å². The van der Waals surface area contributed by atoms with Gasteiger partial charge in [0.2, 0.25) is 0 Å². The van der Waals surface area contributed by atoms with E-state index in [2.05, 4.69) is 13.8 Å². The Balaban J connectivity index is 1.07. The molecule has 0 aliphatic carbocycles. The van der Waals surface area contributed by atoms with Gasteiger partial charge in [0, 0.05) is 39.1 Å². The highest BCUT2D eigenvalue weighted by molar-refractivity contribution is 6.66. The SMILES string of the molecule is CCCCCCC(CCCCCC)N1C(=O)c2ccc3c4ccc5c6c(ccc(c7ccc(c2c37)C1=O)c64)C(=O)N(c1cc(B2OC(C)(C)C(C)(C)O2)cc(B2OC(C)(C)C(C)(C)O2)c1)C5=O. The van der Waals surface area contributed by atoms with Crippen LogP contribution in [0, 0.1) is 0 Å². The van der Waals surface area contributed by atoms with Gasteiger partial charge in [0.1, 0.15) is 0 Å². The molecule has 0 unspecified atom stereocenters. The highest BCUT2D eigenvalue weighted by Gasteiger charge is 2.54. The lowest BCUT2D eigenvalue weighted by Crippen LogP contribution is -2.47. The first-order chi connectivity index (χ1) is 31.8. The van der Waals surface area contributed by atoms with Crippen LogP contribution in [0.2, 0.25) is 0 Å². The fourth-order valence-corrected chi connectivity index (χ4v) is 10.9. The Hall–Kier alpha value is -5.13. The number of carbonyl (C=O) groups excluding carboxylic acids is 4. The van der Waals surface area contributed by atoms with Crippen LogP contribution >= 0.6 is 0 Å². The van der Waals surface area contributed by atoms with E-state index in [4.69, 9.17) is 18.6 Å². The molecule has 67 heavy (non-hydrogen) atoms. The summed E-state index contributed by atoms with van der Waals surface area (Å²) in [6.45, 7) is 20.3. The first kappa shape index (κ1) is 45.6. The third-order valence-corrected chi connectivity index (χ3v) is 16.1. The summed E-state index contributed by atoms with van der Waals surface area (Å²) in [5, 5.41) is 6.32. The van der Waals surface area contributed by atoms with Crippen molar-refractivity contribution >= 4 is 97.6 Å². The maximum Gasteiger partial charge on any atom is 0.494 e. The van der Waals surface area contributed by atoms with Crippen molar-refractivity contribution in [2.45, 2.75) is 162 Å². The minimum Gasteiger partial charge on any atom is -0.399 e. The number of carbonyl (C=O) groups is 4. The van der Waals surface area contributed by atoms with Crippen molar-refractivity contribution in [3.05, 3.63) is 89.0 Å². The number of nitrogens with zero attached hydrogens (tertiary/aromatic N) is 2. The average molecular weight is 901 g/mol. The van der Waals surface area contributed by atoms with Crippen LogP contribution in [0.25, 0.3) is 43.1 Å². The van der Waals surface area contributed by atoms with E-state index in [1.54, 1.807) is 29.2 Å². The average Bonchev–Trinajstić information content (AvgIpc) is 3.65. The number of rotatable bonds is 14. The number of fused-ring (bicyclic) bond motifs is 2. The molecule has 0 atom stereocenters. The largest absolute Gasteiger partial charge is 0.494 e. The summed E-state index contributed by atoms with van der Waals surface area (Å²) in [5.41, 5.74) is 0.936. The molecule has 0 spiro atoms. The molecule has 4 amide bonds. The second kappa shape index (κ2) is 16.3. The molecule has 10 nitrogen and oxygen atoms in total. The number of benzene rings is 6. The second-order valence-electron chi connectivity index (χ2n) is 21.5. The minimum atomic E-state index is -0.787. The van der Waals surface area contributed by atoms with E-state index in [1.807, 2.05) is 97.9 Å². The predicted molar refractivity (Wildman–Crippen MR) is 268 cm³/mol. The topological polar surface area (TPSA) is 112 Å². The van der Waals surface area contributed by atoms with Crippen LogP contribution in [-0.2, 0) is 18.6 Å². The van der Waals surface area contributed by atoms with Gasteiger partial charge in [-0.2, -0.15) is 0 Å². The van der Waals surface area contributed by atoms with E-state index in [0.717, 1.165) is 96.5 Å². The number of amides is 4. The monoisotopic (exact) mass is 900 g/mol. The van der Waals surface area contributed by atoms with Gasteiger partial charge in [-0.05, 0) is 148 Å². The van der Waals surface area contributed by atoms with Gasteiger partial charge in [-0.15, -0.1) is 0 Å². The van der Waals surface area contributed by atoms with Crippen LogP contribution < -0.4 is 15.8 Å². The molecular formula is C55H62B2N2O8. The zero-order valence-electron chi connectivity index (χ0n) is 40.8. The summed E-state index contributed by atoms with van der Waals surface area (Å²) in [6, 6.07) is 20.6. The van der Waals surface area contributed by atoms with E-state index in [-0.39, 0.29) is 17.9 Å². The molecule has 4 aliphatic rings. The van der Waals surface area contributed by atoms with Crippen molar-refractivity contribution in [3.63, 3.8) is 0 Å². The number of imide groups is 2. The highest BCUT2D eigenvalue weighted by atomic mass is 16.7. The molecule has 0 aromatic heterocycles. The molecule has 12 heteroatoms. The Bertz CT molecular complexity index is 2830. The lowest BCUT2D eigenvalue weighted by molar-refractivity contribution is 0.00578. The molecule has 0 bridgehead atoms. The fraction of sp³-hybridized carbons (Fsp3) is 0.455. The maximum absolute atomic E-state index is 15.0. The molecule has 4 heterocycles. The molecule has 10 rings (SSSR count). The third-order valence-electron chi connectivity index (χ3n) is 16.1. The molecule has 6 aromatic carbocycles. The number of unbranched alkanes of at least 4 members (excludes halogenated alkanes) is 6. The van der Waals surface area contributed by atoms with E-state index >= 15 is 9.59 Å². The van der Waals surface area contributed by atoms with E-state index in [9.17, 15) is 9.59 Å². The van der Waals surface area contributed by atoms with Crippen molar-refractivity contribution in [2.24, 2.45) is 0 Å². The highest BCUT2D eigenvalue weighted by Crippen LogP contribution is 2.47. The molecule has 346 valence electrons. The molecular weight excluding hydrogens is 838 g/mol. The lowest BCUT2D eigenvalue weighted by Gasteiger charge is -2.35. The van der Waals surface area contributed by atoms with Gasteiger partial charge in [-0.25, -0.2) is 4.90 Å². The summed E-state index contributed by atoms with van der Waals surface area (Å²) in [5.74, 6) is -1.38. The Morgan fingerprint density at radius 3 is 1.13 bits per heavy atom. The molecule has 0 radical (unpaired) electrons. The van der Waals surface area contributed by atoms with Crippen LogP contribution in [0.1, 0.15) is 175 Å². The predicted octanol–water partition coefficient (Wildman–Crippen LogP) is 11.0. The summed E-state index contributed by atoms with van der Waals surface area (Å²) in [7, 11) is -1.57. The van der Waals surface area contributed by atoms with Crippen LogP contribution in [0.15, 0.2) is 66.7 Å². The Kier molecular flexibility index (Phi) is 11.1. The van der Waals surface area contributed by atoms with Crippen molar-refractivity contribution in [1.29, 1.82) is 0 Å². The zero-order valence-corrected chi connectivity index (χ0v) is 40.8. The standard InChI is InChI=1S/C55H62B2N2O8/c1-11-13-15-17-19-34(20-18-16-14-12-2)58-48(60)40-25-21-36-38-23-27-42-47-43(28-24-39(45(38)47)37-22-26-41(49(58)61)46(40)44(36)37)51(63)59(50(42)62)35-30-32(56-64-52(3,4)53(5,6)65-56)29-33(31-35)57-66-54(7,8)55(9,10)67-57/h21-31,34H,11-20H2,1-10H3. The van der Waals surface area contributed by atoms with E-state index in [0.29, 0.717) is 49.6 Å². The molecule has 4 aliphatic heterocycles. The van der Waals surface area contributed by atoms with Gasteiger partial charge < -0.3 is 18.6 Å². The van der Waals surface area contributed by atoms with Crippen molar-refractivity contribution in [2.75, 3.05) is 4.90 Å². The number of hydrogen-bond donors (Lipinski definition) is 0. The second-order valence-corrected chi connectivity index (χ2v) is 21.5. The van der Waals surface area contributed by atoms with Crippen LogP contribution in [0.3, 0.4) is 0 Å². The Morgan fingerprint density at radius 1 is 0.448 bits per heavy atom. The summed E-state index contributed by atoms with van der Waals surface area (Å²) >= 11 is 0. The molecule has 2 fully saturated rings. The first-order valence-electron chi connectivity index (χ1n) is 24.6. The van der Waals surface area contributed by atoms with Gasteiger partial charge in [0.05, 0.1) is 28.1 Å². The number of anilines is 1. The third kappa shape index (κ3) is 7.06. The van der Waals surface area contributed by atoms with Gasteiger partial charge in [0.25, 0.3) is 23.6 Å². The van der Waals surface area contributed by atoms with Crippen molar-refractivity contribution < 1.29 is 37.8 Å². The summed E-state index contributed by atoms with van der Waals surface area (Å²) in [6.07, 6.45) is 10.3. The molecule has 0 N–H and O–H groups in total. The first-order valence-corrected chi connectivity index (χ1v) is 24.6.